The van der Waals surface area contributed by atoms with Gasteiger partial charge < -0.3 is 10.1 Å². The highest BCUT2D eigenvalue weighted by atomic mass is 35.5. The van der Waals surface area contributed by atoms with Gasteiger partial charge in [-0.05, 0) is 60.2 Å². The molecule has 1 aliphatic rings. The van der Waals surface area contributed by atoms with Gasteiger partial charge in [0.05, 0.1) is 15.7 Å². The van der Waals surface area contributed by atoms with E-state index in [1.54, 1.807) is 30.3 Å². The molecule has 2 N–H and O–H groups in total. The predicted molar refractivity (Wildman–Crippen MR) is 127 cm³/mol. The monoisotopic (exact) mass is 499 g/mol. The lowest BCUT2D eigenvalue weighted by Crippen LogP contribution is -2.35. The fourth-order valence-electron chi connectivity index (χ4n) is 3.15. The number of nitrogens with zero attached hydrogens (tertiary/aromatic N) is 1. The summed E-state index contributed by atoms with van der Waals surface area (Å²) in [5.41, 5.74) is 3.73. The topological polar surface area (TPSA) is 87.7 Å². The smallest absolute Gasteiger partial charge is 0.282 e. The van der Waals surface area contributed by atoms with Crippen LogP contribution in [-0.4, -0.2) is 24.3 Å². The lowest BCUT2D eigenvalue weighted by molar-refractivity contribution is -0.118. The fraction of sp³-hybridized carbons (Fsp3) is 0.0417. The van der Waals surface area contributed by atoms with Crippen molar-refractivity contribution in [3.05, 3.63) is 93.7 Å². The largest absolute Gasteiger partial charge is 0.481 e. The van der Waals surface area contributed by atoms with E-state index in [-0.39, 0.29) is 21.4 Å². The second-order valence-electron chi connectivity index (χ2n) is 7.13. The van der Waals surface area contributed by atoms with Crippen LogP contribution >= 0.6 is 23.2 Å². The SMILES string of the molecule is O=C(COc1c(Cl)cc(C=C2C(=O)NN(c3ccccc3)C2=O)cc1Cl)Nc1ccc(F)cc1. The minimum absolute atomic E-state index is 0.0628. The summed E-state index contributed by atoms with van der Waals surface area (Å²) in [4.78, 5) is 37.2. The van der Waals surface area contributed by atoms with Crippen molar-refractivity contribution in [2.24, 2.45) is 0 Å². The van der Waals surface area contributed by atoms with Crippen LogP contribution in [0.2, 0.25) is 10.0 Å². The third kappa shape index (κ3) is 5.19. The van der Waals surface area contributed by atoms with Gasteiger partial charge in [0.25, 0.3) is 17.7 Å². The molecule has 10 heteroatoms. The molecule has 3 aromatic carbocycles. The molecule has 1 fully saturated rings. The zero-order valence-electron chi connectivity index (χ0n) is 17.3. The van der Waals surface area contributed by atoms with Crippen molar-refractivity contribution in [2.75, 3.05) is 16.9 Å². The second-order valence-corrected chi connectivity index (χ2v) is 7.95. The molecular formula is C24H16Cl2FN3O4. The van der Waals surface area contributed by atoms with Crippen LogP contribution in [0, 0.1) is 5.82 Å². The van der Waals surface area contributed by atoms with Gasteiger partial charge in [0.1, 0.15) is 11.4 Å². The zero-order valence-corrected chi connectivity index (χ0v) is 18.9. The molecule has 1 heterocycles. The van der Waals surface area contributed by atoms with Gasteiger partial charge in [0, 0.05) is 5.69 Å². The van der Waals surface area contributed by atoms with Crippen molar-refractivity contribution in [1.82, 2.24) is 5.43 Å². The first kappa shape index (κ1) is 23.3. The first-order valence-corrected chi connectivity index (χ1v) is 10.7. The van der Waals surface area contributed by atoms with Crippen LogP contribution in [0.1, 0.15) is 5.56 Å². The maximum Gasteiger partial charge on any atom is 0.282 e. The summed E-state index contributed by atoms with van der Waals surface area (Å²) >= 11 is 12.5. The first-order chi connectivity index (χ1) is 16.3. The molecule has 3 aromatic rings. The van der Waals surface area contributed by atoms with Crippen molar-refractivity contribution in [3.63, 3.8) is 0 Å². The number of hydrogen-bond donors (Lipinski definition) is 2. The maximum atomic E-state index is 13.0. The Kier molecular flexibility index (Phi) is 6.81. The van der Waals surface area contributed by atoms with E-state index in [0.717, 1.165) is 5.01 Å². The molecule has 0 unspecified atom stereocenters. The molecular weight excluding hydrogens is 484 g/mol. The molecule has 7 nitrogen and oxygen atoms in total. The molecule has 34 heavy (non-hydrogen) atoms. The number of amides is 3. The van der Waals surface area contributed by atoms with Crippen LogP contribution < -0.4 is 20.5 Å². The van der Waals surface area contributed by atoms with Crippen molar-refractivity contribution in [3.8, 4) is 5.75 Å². The number of rotatable bonds is 6. The fourth-order valence-corrected chi connectivity index (χ4v) is 3.76. The van der Waals surface area contributed by atoms with E-state index >= 15 is 0 Å². The van der Waals surface area contributed by atoms with Gasteiger partial charge >= 0.3 is 0 Å². The lowest BCUT2D eigenvalue weighted by Gasteiger charge is -2.14. The summed E-state index contributed by atoms with van der Waals surface area (Å²) in [6, 6.07) is 16.8. The molecule has 0 aliphatic carbocycles. The number of anilines is 2. The zero-order chi connectivity index (χ0) is 24.2. The van der Waals surface area contributed by atoms with Crippen LogP contribution in [0.4, 0.5) is 15.8 Å². The van der Waals surface area contributed by atoms with Gasteiger partial charge in [-0.15, -0.1) is 0 Å². The van der Waals surface area contributed by atoms with Gasteiger partial charge in [0.2, 0.25) is 0 Å². The molecule has 1 aliphatic heterocycles. The highest BCUT2D eigenvalue weighted by Crippen LogP contribution is 2.35. The summed E-state index contributed by atoms with van der Waals surface area (Å²) in [6.07, 6.45) is 1.36. The standard InChI is InChI=1S/C24H16Cl2FN3O4/c25-19-11-14(10-18-23(32)29-30(24(18)33)17-4-2-1-3-5-17)12-20(26)22(19)34-13-21(31)28-16-8-6-15(27)7-9-16/h1-12H,13H2,(H,28,31)(H,29,32). The van der Waals surface area contributed by atoms with Crippen molar-refractivity contribution < 1.29 is 23.5 Å². The number of nitrogens with one attached hydrogen (secondary N) is 2. The summed E-state index contributed by atoms with van der Waals surface area (Å²) in [7, 11) is 0. The van der Waals surface area contributed by atoms with E-state index in [4.69, 9.17) is 27.9 Å². The normalized spacial score (nSPS) is 14.3. The highest BCUT2D eigenvalue weighted by Gasteiger charge is 2.34. The number of halogens is 3. The number of carbonyl (C=O) groups excluding carboxylic acids is 3. The quantitative estimate of drug-likeness (QED) is 0.382. The van der Waals surface area contributed by atoms with Crippen molar-refractivity contribution in [2.45, 2.75) is 0 Å². The molecule has 0 bridgehead atoms. The van der Waals surface area contributed by atoms with Crippen LogP contribution in [0.15, 0.2) is 72.3 Å². The van der Waals surface area contributed by atoms with Gasteiger partial charge in [-0.1, -0.05) is 41.4 Å². The number of para-hydroxylation sites is 1. The molecule has 0 aromatic heterocycles. The Balaban J connectivity index is 1.46. The average molecular weight is 500 g/mol. The van der Waals surface area contributed by atoms with E-state index in [1.807, 2.05) is 0 Å². The van der Waals surface area contributed by atoms with Gasteiger partial charge in [-0.2, -0.15) is 0 Å². The van der Waals surface area contributed by atoms with E-state index in [0.29, 0.717) is 16.9 Å². The van der Waals surface area contributed by atoms with Gasteiger partial charge in [-0.3, -0.25) is 19.8 Å². The Bertz CT molecular complexity index is 1270. The Morgan fingerprint density at radius 2 is 1.68 bits per heavy atom. The van der Waals surface area contributed by atoms with Crippen LogP contribution in [0.5, 0.6) is 5.75 Å². The van der Waals surface area contributed by atoms with E-state index < -0.39 is 30.1 Å². The lowest BCUT2D eigenvalue weighted by atomic mass is 10.1. The highest BCUT2D eigenvalue weighted by molar-refractivity contribution is 6.37. The summed E-state index contributed by atoms with van der Waals surface area (Å²) in [5.74, 6) is -1.96. The predicted octanol–water partition coefficient (Wildman–Crippen LogP) is 4.61. The average Bonchev–Trinajstić information content (AvgIpc) is 3.09. The molecule has 3 amide bonds. The van der Waals surface area contributed by atoms with E-state index in [1.165, 1.54) is 42.5 Å². The number of hydrogen-bond acceptors (Lipinski definition) is 4. The number of carbonyl (C=O) groups is 3. The Morgan fingerprint density at radius 3 is 2.32 bits per heavy atom. The molecule has 0 atom stereocenters. The first-order valence-electron chi connectivity index (χ1n) is 9.91. The van der Waals surface area contributed by atoms with Gasteiger partial charge in [0.15, 0.2) is 12.4 Å². The molecule has 0 radical (unpaired) electrons. The van der Waals surface area contributed by atoms with E-state index in [9.17, 15) is 18.8 Å². The third-order valence-corrected chi connectivity index (χ3v) is 5.27. The minimum Gasteiger partial charge on any atom is -0.481 e. The Labute approximate surface area is 203 Å². The van der Waals surface area contributed by atoms with Crippen molar-refractivity contribution in [1.29, 1.82) is 0 Å². The van der Waals surface area contributed by atoms with Gasteiger partial charge in [-0.25, -0.2) is 9.40 Å². The number of hydrazine groups is 1. The molecule has 1 saturated heterocycles. The second kappa shape index (κ2) is 9.94. The van der Waals surface area contributed by atoms with Crippen LogP contribution in [0.25, 0.3) is 6.08 Å². The van der Waals surface area contributed by atoms with E-state index in [2.05, 4.69) is 10.7 Å². The van der Waals surface area contributed by atoms with Crippen LogP contribution in [0.3, 0.4) is 0 Å². The van der Waals surface area contributed by atoms with Crippen molar-refractivity contribution >= 4 is 58.4 Å². The van der Waals surface area contributed by atoms with Crippen LogP contribution in [-0.2, 0) is 14.4 Å². The molecule has 172 valence electrons. The maximum absolute atomic E-state index is 13.0. The number of benzene rings is 3. The minimum atomic E-state index is -0.570. The molecule has 0 spiro atoms. The molecule has 0 saturated carbocycles. The number of ether oxygens (including phenoxy) is 1. The molecule has 4 rings (SSSR count). The Hall–Kier alpha value is -3.88. The Morgan fingerprint density at radius 1 is 1.03 bits per heavy atom. The summed E-state index contributed by atoms with van der Waals surface area (Å²) < 4.78 is 18.4. The third-order valence-electron chi connectivity index (χ3n) is 4.71. The summed E-state index contributed by atoms with van der Waals surface area (Å²) in [6.45, 7) is -0.399. The summed E-state index contributed by atoms with van der Waals surface area (Å²) in [5, 5.41) is 3.87.